The van der Waals surface area contributed by atoms with Gasteiger partial charge in [-0.2, -0.15) is 0 Å². The molecule has 25 heavy (non-hydrogen) atoms. The van der Waals surface area contributed by atoms with Gasteiger partial charge in [0.25, 0.3) is 5.91 Å². The third-order valence-electron chi connectivity index (χ3n) is 4.39. The first-order valence-electron chi connectivity index (χ1n) is 8.42. The molecule has 132 valence electrons. The van der Waals surface area contributed by atoms with Crippen LogP contribution in [0, 0.1) is 5.92 Å². The molecular weight excluding hydrogens is 340 g/mol. The van der Waals surface area contributed by atoms with Crippen molar-refractivity contribution in [2.75, 3.05) is 0 Å². The second-order valence-corrected chi connectivity index (χ2v) is 7.15. The maximum Gasteiger partial charge on any atom is 0.308 e. The Bertz CT molecular complexity index is 735. The maximum absolute atomic E-state index is 12.5. The van der Waals surface area contributed by atoms with Gasteiger partial charge in [-0.1, -0.05) is 25.7 Å². The number of hydrogen-bond acceptors (Lipinski definition) is 6. The van der Waals surface area contributed by atoms with Crippen molar-refractivity contribution < 1.29 is 14.7 Å². The first-order valence-corrected chi connectivity index (χ1v) is 9.23. The zero-order chi connectivity index (χ0) is 17.6. The van der Waals surface area contributed by atoms with Gasteiger partial charge < -0.3 is 10.4 Å². The van der Waals surface area contributed by atoms with E-state index in [9.17, 15) is 14.7 Å². The highest BCUT2D eigenvalue weighted by Crippen LogP contribution is 2.25. The number of carbonyl (C=O) groups excluding carboxylic acids is 1. The van der Waals surface area contributed by atoms with E-state index >= 15 is 0 Å². The number of aliphatic carboxylic acids is 1. The Morgan fingerprint density at radius 2 is 1.80 bits per heavy atom. The van der Waals surface area contributed by atoms with Crippen LogP contribution < -0.4 is 5.32 Å². The molecule has 2 heterocycles. The molecule has 2 aromatic heterocycles. The highest BCUT2D eigenvalue weighted by atomic mass is 32.1. The minimum atomic E-state index is -0.838. The zero-order valence-corrected chi connectivity index (χ0v) is 14.5. The van der Waals surface area contributed by atoms with Crippen LogP contribution in [-0.2, 0) is 4.79 Å². The molecule has 1 aliphatic rings. The van der Waals surface area contributed by atoms with Crippen LogP contribution in [0.4, 0.5) is 0 Å². The van der Waals surface area contributed by atoms with Gasteiger partial charge in [0.2, 0.25) is 0 Å². The summed E-state index contributed by atoms with van der Waals surface area (Å²) in [5.41, 5.74) is 0. The molecular formula is C17H20N4O3S. The number of carboxylic acid groups (broad SMARTS) is 1. The molecule has 0 aliphatic heterocycles. The fourth-order valence-electron chi connectivity index (χ4n) is 3.08. The van der Waals surface area contributed by atoms with E-state index in [4.69, 9.17) is 0 Å². The van der Waals surface area contributed by atoms with Gasteiger partial charge in [-0.05, 0) is 18.9 Å². The molecule has 1 amide bonds. The van der Waals surface area contributed by atoms with Crippen molar-refractivity contribution in [3.8, 4) is 10.8 Å². The number of aromatic nitrogens is 3. The van der Waals surface area contributed by atoms with Crippen LogP contribution in [-0.4, -0.2) is 38.0 Å². The summed E-state index contributed by atoms with van der Waals surface area (Å²) in [5, 5.41) is 13.0. The minimum Gasteiger partial charge on any atom is -0.481 e. The first kappa shape index (κ1) is 17.5. The Morgan fingerprint density at radius 3 is 2.52 bits per heavy atom. The van der Waals surface area contributed by atoms with Crippen molar-refractivity contribution in [1.29, 1.82) is 0 Å². The molecule has 1 fully saturated rings. The summed E-state index contributed by atoms with van der Waals surface area (Å²) >= 11 is 1.21. The minimum absolute atomic E-state index is 0.281. The van der Waals surface area contributed by atoms with Crippen LogP contribution >= 0.6 is 11.3 Å². The monoisotopic (exact) mass is 360 g/mol. The van der Waals surface area contributed by atoms with E-state index in [0.717, 1.165) is 25.7 Å². The molecule has 2 aromatic rings. The van der Waals surface area contributed by atoms with Gasteiger partial charge in [-0.3, -0.25) is 9.59 Å². The van der Waals surface area contributed by atoms with E-state index in [0.29, 0.717) is 28.6 Å². The predicted molar refractivity (Wildman–Crippen MR) is 93.2 cm³/mol. The normalized spacial score (nSPS) is 21.1. The SMILES string of the molecule is O=C(NC1CCCCCCC1C(=O)O)c1cnc(-c2ncccn2)s1. The Hall–Kier alpha value is -2.35. The number of nitrogens with zero attached hydrogens (tertiary/aromatic N) is 3. The van der Waals surface area contributed by atoms with Crippen LogP contribution in [0.2, 0.25) is 0 Å². The van der Waals surface area contributed by atoms with Crippen molar-refractivity contribution in [1.82, 2.24) is 20.3 Å². The van der Waals surface area contributed by atoms with Gasteiger partial charge in [-0.25, -0.2) is 15.0 Å². The highest BCUT2D eigenvalue weighted by molar-refractivity contribution is 7.16. The summed E-state index contributed by atoms with van der Waals surface area (Å²) in [6.45, 7) is 0. The number of carboxylic acids is 1. The van der Waals surface area contributed by atoms with E-state index in [1.807, 2.05) is 0 Å². The molecule has 8 heteroatoms. The Balaban J connectivity index is 1.72. The molecule has 0 saturated heterocycles. The largest absolute Gasteiger partial charge is 0.481 e. The molecule has 3 rings (SSSR count). The average Bonchev–Trinajstić information content (AvgIpc) is 3.08. The molecule has 0 radical (unpaired) electrons. The summed E-state index contributed by atoms with van der Waals surface area (Å²) < 4.78 is 0. The lowest BCUT2D eigenvalue weighted by Crippen LogP contribution is -2.43. The van der Waals surface area contributed by atoms with Crippen LogP contribution in [0.15, 0.2) is 24.7 Å². The summed E-state index contributed by atoms with van der Waals surface area (Å²) in [6, 6.07) is 1.37. The smallest absolute Gasteiger partial charge is 0.308 e. The van der Waals surface area contributed by atoms with Gasteiger partial charge in [0.1, 0.15) is 4.88 Å². The third kappa shape index (κ3) is 4.39. The van der Waals surface area contributed by atoms with E-state index < -0.39 is 11.9 Å². The van der Waals surface area contributed by atoms with Crippen LogP contribution in [0.25, 0.3) is 10.8 Å². The van der Waals surface area contributed by atoms with E-state index in [1.165, 1.54) is 17.5 Å². The van der Waals surface area contributed by atoms with E-state index in [-0.39, 0.29) is 11.9 Å². The lowest BCUT2D eigenvalue weighted by molar-refractivity contribution is -0.143. The molecule has 2 unspecified atom stereocenters. The van der Waals surface area contributed by atoms with E-state index in [2.05, 4.69) is 20.3 Å². The van der Waals surface area contributed by atoms with Gasteiger partial charge in [0.15, 0.2) is 10.8 Å². The van der Waals surface area contributed by atoms with E-state index in [1.54, 1.807) is 18.5 Å². The van der Waals surface area contributed by atoms with Gasteiger partial charge in [0, 0.05) is 18.4 Å². The van der Waals surface area contributed by atoms with Crippen molar-refractivity contribution in [3.63, 3.8) is 0 Å². The van der Waals surface area contributed by atoms with Crippen molar-refractivity contribution in [3.05, 3.63) is 29.5 Å². The molecule has 2 atom stereocenters. The van der Waals surface area contributed by atoms with Gasteiger partial charge in [-0.15, -0.1) is 11.3 Å². The average molecular weight is 360 g/mol. The number of amides is 1. The summed E-state index contributed by atoms with van der Waals surface area (Å²) in [6.07, 6.45) is 9.98. The third-order valence-corrected chi connectivity index (χ3v) is 5.38. The number of carbonyl (C=O) groups is 2. The zero-order valence-electron chi connectivity index (χ0n) is 13.7. The summed E-state index contributed by atoms with van der Waals surface area (Å²) in [7, 11) is 0. The number of thiazole rings is 1. The number of hydrogen-bond donors (Lipinski definition) is 2. The molecule has 1 saturated carbocycles. The van der Waals surface area contributed by atoms with Crippen molar-refractivity contribution in [2.24, 2.45) is 5.92 Å². The quantitative estimate of drug-likeness (QED) is 0.868. The predicted octanol–water partition coefficient (Wildman–Crippen LogP) is 2.75. The van der Waals surface area contributed by atoms with Gasteiger partial charge in [0.05, 0.1) is 12.1 Å². The van der Waals surface area contributed by atoms with Crippen LogP contribution in [0.5, 0.6) is 0 Å². The highest BCUT2D eigenvalue weighted by Gasteiger charge is 2.30. The summed E-state index contributed by atoms with van der Waals surface area (Å²) in [4.78, 5) is 37.0. The second-order valence-electron chi connectivity index (χ2n) is 6.12. The fourth-order valence-corrected chi connectivity index (χ4v) is 3.85. The van der Waals surface area contributed by atoms with Crippen molar-refractivity contribution >= 4 is 23.2 Å². The Morgan fingerprint density at radius 1 is 1.08 bits per heavy atom. The fraction of sp³-hybridized carbons (Fsp3) is 0.471. The van der Waals surface area contributed by atoms with Crippen molar-refractivity contribution in [2.45, 2.75) is 44.6 Å². The molecule has 0 spiro atoms. The molecule has 2 N–H and O–H groups in total. The lowest BCUT2D eigenvalue weighted by Gasteiger charge is -2.27. The second kappa shape index (κ2) is 8.15. The molecule has 0 bridgehead atoms. The lowest BCUT2D eigenvalue weighted by atomic mass is 9.87. The first-order chi connectivity index (χ1) is 12.1. The topological polar surface area (TPSA) is 105 Å². The van der Waals surface area contributed by atoms with Crippen LogP contribution in [0.1, 0.15) is 48.2 Å². The van der Waals surface area contributed by atoms with Crippen LogP contribution in [0.3, 0.4) is 0 Å². The van der Waals surface area contributed by atoms with Gasteiger partial charge >= 0.3 is 5.97 Å². The molecule has 1 aliphatic carbocycles. The maximum atomic E-state index is 12.5. The number of rotatable bonds is 4. The Labute approximate surface area is 149 Å². The molecule has 7 nitrogen and oxygen atoms in total. The molecule has 0 aromatic carbocycles. The summed E-state index contributed by atoms with van der Waals surface area (Å²) in [5.74, 6) is -1.18. The Kier molecular flexibility index (Phi) is 5.70. The standard InChI is InChI=1S/C17H20N4O3S/c22-15(13-10-20-16(25-13)14-18-8-5-9-19-14)21-12-7-4-2-1-3-6-11(12)17(23)24/h5,8-12H,1-4,6-7H2,(H,21,22)(H,23,24). The number of nitrogens with one attached hydrogen (secondary N) is 1.